The van der Waals surface area contributed by atoms with Gasteiger partial charge in [0, 0.05) is 18.2 Å². The SMILES string of the molecule is N#CC1(c2ccc(CC3CC4CCCCC4NC3=O)cn2)COC1. The van der Waals surface area contributed by atoms with Crippen LogP contribution in [0.1, 0.15) is 43.4 Å². The van der Waals surface area contributed by atoms with Crippen LogP contribution in [0.2, 0.25) is 0 Å². The normalized spacial score (nSPS) is 31.3. The van der Waals surface area contributed by atoms with Gasteiger partial charge in [-0.15, -0.1) is 0 Å². The molecule has 0 radical (unpaired) electrons. The Kier molecular flexibility index (Phi) is 4.01. The number of hydrogen-bond donors (Lipinski definition) is 1. The highest BCUT2D eigenvalue weighted by molar-refractivity contribution is 5.80. The largest absolute Gasteiger partial charge is 0.377 e. The Morgan fingerprint density at radius 2 is 2.17 bits per heavy atom. The number of piperidine rings is 1. The van der Waals surface area contributed by atoms with E-state index < -0.39 is 5.41 Å². The molecule has 0 bridgehead atoms. The molecule has 1 saturated carbocycles. The zero-order chi connectivity index (χ0) is 16.6. The molecule has 3 aliphatic rings. The molecule has 3 fully saturated rings. The third kappa shape index (κ3) is 2.69. The molecule has 2 saturated heterocycles. The fourth-order valence-corrected chi connectivity index (χ4v) is 4.32. The molecular formula is C19H23N3O2. The van der Waals surface area contributed by atoms with Crippen molar-refractivity contribution in [3.8, 4) is 6.07 Å². The van der Waals surface area contributed by atoms with E-state index in [0.717, 1.165) is 30.5 Å². The highest BCUT2D eigenvalue weighted by atomic mass is 16.5. The fourth-order valence-electron chi connectivity index (χ4n) is 4.32. The highest BCUT2D eigenvalue weighted by Crippen LogP contribution is 2.35. The lowest BCUT2D eigenvalue weighted by molar-refractivity contribution is -0.129. The van der Waals surface area contributed by atoms with Crippen molar-refractivity contribution in [2.75, 3.05) is 13.2 Å². The smallest absolute Gasteiger partial charge is 0.223 e. The Morgan fingerprint density at radius 1 is 1.33 bits per heavy atom. The number of carbonyl (C=O) groups excluding carboxylic acids is 1. The summed E-state index contributed by atoms with van der Waals surface area (Å²) in [6.45, 7) is 0.841. The van der Waals surface area contributed by atoms with E-state index in [1.165, 1.54) is 19.3 Å². The third-order valence-corrected chi connectivity index (χ3v) is 5.90. The molecule has 0 spiro atoms. The zero-order valence-electron chi connectivity index (χ0n) is 13.8. The van der Waals surface area contributed by atoms with Gasteiger partial charge < -0.3 is 10.1 Å². The van der Waals surface area contributed by atoms with E-state index in [1.807, 2.05) is 18.3 Å². The Hall–Kier alpha value is -1.93. The molecule has 24 heavy (non-hydrogen) atoms. The van der Waals surface area contributed by atoms with Crippen LogP contribution < -0.4 is 5.32 Å². The second-order valence-corrected chi connectivity index (χ2v) is 7.53. The lowest BCUT2D eigenvalue weighted by atomic mass is 9.74. The van der Waals surface area contributed by atoms with Crippen LogP contribution in [-0.2, 0) is 21.4 Å². The van der Waals surface area contributed by atoms with Gasteiger partial charge in [-0.25, -0.2) is 0 Å². The minimum Gasteiger partial charge on any atom is -0.377 e. The van der Waals surface area contributed by atoms with Crippen molar-refractivity contribution >= 4 is 5.91 Å². The summed E-state index contributed by atoms with van der Waals surface area (Å²) in [5.74, 6) is 0.889. The minimum atomic E-state index is -0.573. The average molecular weight is 325 g/mol. The molecule has 5 heteroatoms. The zero-order valence-corrected chi connectivity index (χ0v) is 13.8. The average Bonchev–Trinajstić information content (AvgIpc) is 2.56. The summed E-state index contributed by atoms with van der Waals surface area (Å²) in [4.78, 5) is 16.9. The number of aromatic nitrogens is 1. The standard InChI is InChI=1S/C19H23N3O2/c20-10-19(11-24-12-19)17-6-5-13(9-21-17)7-15-8-14-3-1-2-4-16(14)22-18(15)23/h5-6,9,14-16H,1-4,7-8,11-12H2,(H,22,23). The highest BCUT2D eigenvalue weighted by Gasteiger charge is 2.42. The van der Waals surface area contributed by atoms with Crippen molar-refractivity contribution in [3.05, 3.63) is 29.6 Å². The van der Waals surface area contributed by atoms with Crippen LogP contribution in [0.3, 0.4) is 0 Å². The van der Waals surface area contributed by atoms with Crippen molar-refractivity contribution < 1.29 is 9.53 Å². The van der Waals surface area contributed by atoms with Gasteiger partial charge in [0.1, 0.15) is 5.41 Å². The number of carbonyl (C=O) groups is 1. The number of ether oxygens (including phenoxy) is 1. The van der Waals surface area contributed by atoms with Crippen molar-refractivity contribution in [2.24, 2.45) is 11.8 Å². The predicted octanol–water partition coefficient (Wildman–Crippen LogP) is 2.11. The van der Waals surface area contributed by atoms with Crippen LogP contribution in [0, 0.1) is 23.2 Å². The van der Waals surface area contributed by atoms with Crippen molar-refractivity contribution in [1.29, 1.82) is 5.26 Å². The van der Waals surface area contributed by atoms with Crippen LogP contribution in [0.15, 0.2) is 18.3 Å². The summed E-state index contributed by atoms with van der Waals surface area (Å²) in [5.41, 5.74) is 1.28. The molecular weight excluding hydrogens is 302 g/mol. The minimum absolute atomic E-state index is 0.0500. The fraction of sp³-hybridized carbons (Fsp3) is 0.632. The molecule has 1 aromatic rings. The lowest BCUT2D eigenvalue weighted by Crippen LogP contribution is -2.51. The Labute approximate surface area is 142 Å². The number of amides is 1. The van der Waals surface area contributed by atoms with Crippen LogP contribution in [-0.4, -0.2) is 30.1 Å². The Bertz CT molecular complexity index is 660. The first-order chi connectivity index (χ1) is 11.7. The lowest BCUT2D eigenvalue weighted by Gasteiger charge is -2.39. The Balaban J connectivity index is 1.43. The molecule has 5 nitrogen and oxygen atoms in total. The first-order valence-electron chi connectivity index (χ1n) is 8.95. The third-order valence-electron chi connectivity index (χ3n) is 5.90. The summed E-state index contributed by atoms with van der Waals surface area (Å²) in [7, 11) is 0. The van der Waals surface area contributed by atoms with Crippen molar-refractivity contribution in [3.63, 3.8) is 0 Å². The number of nitrogens with zero attached hydrogens (tertiary/aromatic N) is 2. The molecule has 1 aromatic heterocycles. The Morgan fingerprint density at radius 3 is 2.83 bits per heavy atom. The van der Waals surface area contributed by atoms with E-state index in [4.69, 9.17) is 4.74 Å². The quantitative estimate of drug-likeness (QED) is 0.923. The molecule has 4 rings (SSSR count). The summed E-state index contributed by atoms with van der Waals surface area (Å²) in [6, 6.07) is 6.65. The molecule has 1 amide bonds. The van der Waals surface area contributed by atoms with Gasteiger partial charge in [0.05, 0.1) is 25.0 Å². The first-order valence-corrected chi connectivity index (χ1v) is 8.95. The molecule has 2 aliphatic heterocycles. The van der Waals surface area contributed by atoms with Gasteiger partial charge in [-0.05, 0) is 43.2 Å². The van der Waals surface area contributed by atoms with Crippen molar-refractivity contribution in [2.45, 2.75) is 50.0 Å². The second-order valence-electron chi connectivity index (χ2n) is 7.53. The van der Waals surface area contributed by atoms with Crippen LogP contribution in [0.4, 0.5) is 0 Å². The van der Waals surface area contributed by atoms with E-state index in [0.29, 0.717) is 25.2 Å². The van der Waals surface area contributed by atoms with Gasteiger partial charge in [0.2, 0.25) is 5.91 Å². The maximum absolute atomic E-state index is 12.4. The van der Waals surface area contributed by atoms with E-state index in [9.17, 15) is 10.1 Å². The number of hydrogen-bond acceptors (Lipinski definition) is 4. The number of nitriles is 1. The van der Waals surface area contributed by atoms with Gasteiger partial charge in [-0.2, -0.15) is 5.26 Å². The maximum atomic E-state index is 12.4. The molecule has 1 N–H and O–H groups in total. The predicted molar refractivity (Wildman–Crippen MR) is 88.0 cm³/mol. The second kappa shape index (κ2) is 6.18. The van der Waals surface area contributed by atoms with E-state index in [2.05, 4.69) is 16.4 Å². The van der Waals surface area contributed by atoms with Gasteiger partial charge in [0.15, 0.2) is 0 Å². The molecule has 126 valence electrons. The molecule has 1 aliphatic carbocycles. The van der Waals surface area contributed by atoms with Gasteiger partial charge >= 0.3 is 0 Å². The van der Waals surface area contributed by atoms with Crippen LogP contribution in [0.5, 0.6) is 0 Å². The number of fused-ring (bicyclic) bond motifs is 1. The molecule has 3 unspecified atom stereocenters. The van der Waals surface area contributed by atoms with E-state index in [-0.39, 0.29) is 11.8 Å². The monoisotopic (exact) mass is 325 g/mol. The van der Waals surface area contributed by atoms with Gasteiger partial charge in [0.25, 0.3) is 0 Å². The summed E-state index contributed by atoms with van der Waals surface area (Å²) in [6.07, 6.45) is 8.46. The maximum Gasteiger partial charge on any atom is 0.223 e. The molecule has 3 heterocycles. The van der Waals surface area contributed by atoms with Crippen LogP contribution >= 0.6 is 0 Å². The van der Waals surface area contributed by atoms with Crippen molar-refractivity contribution in [1.82, 2.24) is 10.3 Å². The van der Waals surface area contributed by atoms with E-state index >= 15 is 0 Å². The first kappa shape index (κ1) is 15.6. The van der Waals surface area contributed by atoms with Gasteiger partial charge in [-0.3, -0.25) is 9.78 Å². The van der Waals surface area contributed by atoms with Crippen LogP contribution in [0.25, 0.3) is 0 Å². The summed E-state index contributed by atoms with van der Waals surface area (Å²) in [5, 5.41) is 12.6. The number of rotatable bonds is 3. The molecule has 0 aromatic carbocycles. The molecule has 3 atom stereocenters. The summed E-state index contributed by atoms with van der Waals surface area (Å²) >= 11 is 0. The van der Waals surface area contributed by atoms with E-state index in [1.54, 1.807) is 0 Å². The topological polar surface area (TPSA) is 75.0 Å². The van der Waals surface area contributed by atoms with Gasteiger partial charge in [-0.1, -0.05) is 18.9 Å². The number of nitrogens with one attached hydrogen (secondary N) is 1. The number of pyridine rings is 1. The summed E-state index contributed by atoms with van der Waals surface area (Å²) < 4.78 is 5.18.